The Kier molecular flexibility index (Phi) is 9.83. The Hall–Kier alpha value is -5.51. The third-order valence-electron chi connectivity index (χ3n) is 9.51. The van der Waals surface area contributed by atoms with Crippen molar-refractivity contribution in [1.29, 1.82) is 0 Å². The lowest BCUT2D eigenvalue weighted by Gasteiger charge is -2.33. The van der Waals surface area contributed by atoms with Crippen molar-refractivity contribution in [1.82, 2.24) is 35.1 Å². The fraction of sp³-hybridized carbons (Fsp3) is 0.457. The van der Waals surface area contributed by atoms with Gasteiger partial charge in [-0.05, 0) is 37.0 Å². The van der Waals surface area contributed by atoms with Crippen molar-refractivity contribution in [2.45, 2.75) is 57.6 Å². The number of para-hydroxylation sites is 1. The molecule has 51 heavy (non-hydrogen) atoms. The molecule has 0 aliphatic carbocycles. The van der Waals surface area contributed by atoms with Crippen molar-refractivity contribution in [3.63, 3.8) is 0 Å². The molecule has 7 rings (SSSR count). The number of methoxy groups -OCH3 is 1. The van der Waals surface area contributed by atoms with Gasteiger partial charge in [0, 0.05) is 57.8 Å². The Morgan fingerprint density at radius 2 is 1.75 bits per heavy atom. The van der Waals surface area contributed by atoms with Crippen LogP contribution in [0.25, 0.3) is 22.3 Å². The van der Waals surface area contributed by atoms with Crippen molar-refractivity contribution in [3.05, 3.63) is 54.6 Å². The van der Waals surface area contributed by atoms with Crippen LogP contribution in [0.1, 0.15) is 57.3 Å². The summed E-state index contributed by atoms with van der Waals surface area (Å²) in [4.78, 5) is 25.2. The number of aromatic nitrogens is 7. The highest BCUT2D eigenvalue weighted by molar-refractivity contribution is 5.87. The van der Waals surface area contributed by atoms with Crippen LogP contribution < -0.4 is 25.0 Å². The number of nitrogens with zero attached hydrogens (tertiary/aromatic N) is 9. The van der Waals surface area contributed by atoms with Gasteiger partial charge in [-0.25, -0.2) is 9.97 Å². The van der Waals surface area contributed by atoms with E-state index in [4.69, 9.17) is 24.5 Å². The normalized spacial score (nSPS) is 16.5. The van der Waals surface area contributed by atoms with E-state index in [0.717, 1.165) is 49.9 Å². The molecule has 0 saturated carbocycles. The molecule has 3 N–H and O–H groups in total. The predicted octanol–water partition coefficient (Wildman–Crippen LogP) is 4.55. The standard InChI is InChI=1S/C35H42N10O6/c1-21(2)31(34(46)47)29-17-30(42-51-29)43-14-10-23(11-15-43)50-24-18-37-35(38-19-24)44-12-8-22(9-13-44)45-27-16-26(39-40-32(27)33(36)41-45)25-6-4-5-7-28(25)49-20-48-3/h4-7,16-19,21-23,31H,8-15,20H2,1-3H3,(H2,36,41)(H,46,47). The number of benzene rings is 1. The smallest absolute Gasteiger partial charge is 0.314 e. The molecule has 1 aromatic carbocycles. The lowest BCUT2D eigenvalue weighted by Crippen LogP contribution is -2.38. The number of fused-ring (bicyclic) bond motifs is 1. The van der Waals surface area contributed by atoms with E-state index in [1.807, 2.05) is 48.9 Å². The third-order valence-corrected chi connectivity index (χ3v) is 9.51. The van der Waals surface area contributed by atoms with Crippen LogP contribution in [0.5, 0.6) is 11.5 Å². The first-order chi connectivity index (χ1) is 24.8. The molecule has 2 aliphatic rings. The molecule has 2 saturated heterocycles. The number of rotatable bonds is 12. The summed E-state index contributed by atoms with van der Waals surface area (Å²) in [7, 11) is 1.58. The zero-order chi connectivity index (χ0) is 35.5. The van der Waals surface area contributed by atoms with E-state index in [-0.39, 0.29) is 24.9 Å². The number of ether oxygens (including phenoxy) is 3. The van der Waals surface area contributed by atoms with E-state index >= 15 is 0 Å². The lowest BCUT2D eigenvalue weighted by molar-refractivity contribution is -0.140. The van der Waals surface area contributed by atoms with Crippen molar-refractivity contribution in [2.24, 2.45) is 5.92 Å². The second-order valence-electron chi connectivity index (χ2n) is 13.2. The second kappa shape index (κ2) is 14.8. The number of carboxylic acid groups (broad SMARTS) is 1. The number of piperidine rings is 2. The Labute approximate surface area is 294 Å². The van der Waals surface area contributed by atoms with E-state index in [2.05, 4.69) is 40.2 Å². The largest absolute Gasteiger partial charge is 0.487 e. The van der Waals surface area contributed by atoms with Crippen molar-refractivity contribution >= 4 is 34.6 Å². The third kappa shape index (κ3) is 7.22. The summed E-state index contributed by atoms with van der Waals surface area (Å²) < 4.78 is 24.5. The van der Waals surface area contributed by atoms with E-state index in [0.29, 0.717) is 59.1 Å². The molecule has 6 heterocycles. The quantitative estimate of drug-likeness (QED) is 0.172. The minimum atomic E-state index is -0.913. The van der Waals surface area contributed by atoms with Crippen LogP contribution in [0.3, 0.4) is 0 Å². The van der Waals surface area contributed by atoms with Gasteiger partial charge in [0.1, 0.15) is 17.8 Å². The molecule has 1 unspecified atom stereocenters. The van der Waals surface area contributed by atoms with Crippen LogP contribution in [0.15, 0.2) is 53.3 Å². The maximum absolute atomic E-state index is 11.7. The summed E-state index contributed by atoms with van der Waals surface area (Å²) in [6.07, 6.45) is 6.67. The lowest BCUT2D eigenvalue weighted by atomic mass is 9.93. The fourth-order valence-electron chi connectivity index (χ4n) is 6.84. The first-order valence-electron chi connectivity index (χ1n) is 17.2. The van der Waals surface area contributed by atoms with Gasteiger partial charge in [0.2, 0.25) is 5.95 Å². The minimum Gasteiger partial charge on any atom is -0.487 e. The van der Waals surface area contributed by atoms with Gasteiger partial charge in [0.15, 0.2) is 35.5 Å². The first kappa shape index (κ1) is 34.0. The molecule has 0 bridgehead atoms. The fourth-order valence-corrected chi connectivity index (χ4v) is 6.84. The number of hydrogen-bond acceptors (Lipinski definition) is 14. The SMILES string of the molecule is COCOc1ccccc1-c1cc2c(nn1)c(N)nn2C1CCN(c2ncc(OC3CCN(c4cc(C(C(=O)O)C(C)C)on4)CC3)cn2)CC1. The van der Waals surface area contributed by atoms with Crippen molar-refractivity contribution in [3.8, 4) is 22.8 Å². The molecule has 16 heteroatoms. The summed E-state index contributed by atoms with van der Waals surface area (Å²) in [6, 6.07) is 11.5. The Morgan fingerprint density at radius 1 is 1.02 bits per heavy atom. The van der Waals surface area contributed by atoms with Gasteiger partial charge in [-0.15, -0.1) is 10.2 Å². The molecule has 0 spiro atoms. The topological polar surface area (TPSA) is 193 Å². The highest BCUT2D eigenvalue weighted by Gasteiger charge is 2.30. The van der Waals surface area contributed by atoms with E-state index in [9.17, 15) is 9.90 Å². The highest BCUT2D eigenvalue weighted by atomic mass is 16.7. The van der Waals surface area contributed by atoms with Gasteiger partial charge in [0.25, 0.3) is 0 Å². The van der Waals surface area contributed by atoms with Crippen LogP contribution in [0.4, 0.5) is 17.6 Å². The average Bonchev–Trinajstić information content (AvgIpc) is 3.75. The molecule has 1 atom stereocenters. The number of carboxylic acids is 1. The Bertz CT molecular complexity index is 1950. The number of nitrogen functional groups attached to an aromatic ring is 1. The Balaban J connectivity index is 0.940. The summed E-state index contributed by atoms with van der Waals surface area (Å²) in [5.41, 5.74) is 9.15. The summed E-state index contributed by atoms with van der Waals surface area (Å²) >= 11 is 0. The summed E-state index contributed by atoms with van der Waals surface area (Å²) in [5, 5.41) is 27.3. The van der Waals surface area contributed by atoms with Crippen molar-refractivity contribution in [2.75, 3.05) is 55.6 Å². The highest BCUT2D eigenvalue weighted by Crippen LogP contribution is 2.34. The predicted molar refractivity (Wildman–Crippen MR) is 188 cm³/mol. The monoisotopic (exact) mass is 698 g/mol. The number of aliphatic carboxylic acids is 1. The van der Waals surface area contributed by atoms with E-state index in [1.165, 1.54) is 0 Å². The number of carbonyl (C=O) groups is 1. The van der Waals surface area contributed by atoms with Crippen LogP contribution in [-0.2, 0) is 9.53 Å². The minimum absolute atomic E-state index is 0.00754. The number of anilines is 3. The molecule has 5 aromatic rings. The molecule has 16 nitrogen and oxygen atoms in total. The molecule has 4 aromatic heterocycles. The molecule has 2 fully saturated rings. The second-order valence-corrected chi connectivity index (χ2v) is 13.2. The zero-order valence-electron chi connectivity index (χ0n) is 28.9. The molecule has 0 radical (unpaired) electrons. The Morgan fingerprint density at radius 3 is 2.45 bits per heavy atom. The molecule has 0 amide bonds. The van der Waals surface area contributed by atoms with E-state index in [1.54, 1.807) is 25.6 Å². The number of nitrogens with two attached hydrogens (primary N) is 1. The van der Waals surface area contributed by atoms with Gasteiger partial charge >= 0.3 is 5.97 Å². The van der Waals surface area contributed by atoms with Gasteiger partial charge in [0.05, 0.1) is 29.6 Å². The summed E-state index contributed by atoms with van der Waals surface area (Å²) in [6.45, 7) is 6.77. The van der Waals surface area contributed by atoms with Crippen LogP contribution in [0, 0.1) is 5.92 Å². The molecule has 268 valence electrons. The van der Waals surface area contributed by atoms with E-state index < -0.39 is 11.9 Å². The zero-order valence-corrected chi connectivity index (χ0v) is 28.9. The van der Waals surface area contributed by atoms with Gasteiger partial charge in [-0.2, -0.15) is 5.10 Å². The van der Waals surface area contributed by atoms with Crippen LogP contribution in [-0.4, -0.2) is 92.4 Å². The maximum atomic E-state index is 11.7. The maximum Gasteiger partial charge on any atom is 0.314 e. The van der Waals surface area contributed by atoms with Gasteiger partial charge < -0.3 is 39.4 Å². The van der Waals surface area contributed by atoms with Crippen LogP contribution >= 0.6 is 0 Å². The van der Waals surface area contributed by atoms with Crippen LogP contribution in [0.2, 0.25) is 0 Å². The summed E-state index contributed by atoms with van der Waals surface area (Å²) in [5.74, 6) is 1.58. The average molecular weight is 699 g/mol. The van der Waals surface area contributed by atoms with Gasteiger partial charge in [-0.3, -0.25) is 9.48 Å². The van der Waals surface area contributed by atoms with Gasteiger partial charge in [-0.1, -0.05) is 31.1 Å². The number of hydrogen-bond donors (Lipinski definition) is 2. The first-order valence-corrected chi connectivity index (χ1v) is 17.2. The molecular formula is C35H42N10O6. The van der Waals surface area contributed by atoms with Crippen molar-refractivity contribution < 1.29 is 28.6 Å². The molecule has 2 aliphatic heterocycles. The molecular weight excluding hydrogens is 656 g/mol.